The van der Waals surface area contributed by atoms with E-state index in [0.29, 0.717) is 40.0 Å². The minimum atomic E-state index is -0.944. The topological polar surface area (TPSA) is 146 Å². The molecule has 5 N–H and O–H groups in total. The van der Waals surface area contributed by atoms with Crippen LogP contribution < -0.4 is 16.5 Å². The van der Waals surface area contributed by atoms with Crippen molar-refractivity contribution in [2.45, 2.75) is 25.8 Å². The fourth-order valence-corrected chi connectivity index (χ4v) is 5.91. The van der Waals surface area contributed by atoms with Crippen LogP contribution in [0.15, 0.2) is 76.7 Å². The van der Waals surface area contributed by atoms with Gasteiger partial charge < -0.3 is 20.5 Å². The summed E-state index contributed by atoms with van der Waals surface area (Å²) in [7, 11) is 1.34. The number of nitrogens with two attached hydrogens (primary N) is 1. The van der Waals surface area contributed by atoms with Crippen LogP contribution in [0.1, 0.15) is 39.5 Å². The van der Waals surface area contributed by atoms with Gasteiger partial charge in [-0.15, -0.1) is 11.8 Å². The Morgan fingerprint density at radius 1 is 1.36 bits per heavy atom. The summed E-state index contributed by atoms with van der Waals surface area (Å²) in [5.41, 5.74) is 4.20. The zero-order valence-corrected chi connectivity index (χ0v) is 22.6. The van der Waals surface area contributed by atoms with E-state index in [9.17, 15) is 19.5 Å². The molecule has 1 aromatic carbocycles. The third kappa shape index (κ3) is 5.84. The number of rotatable bonds is 9. The standard InChI is InChI=1S/C28H31N5O5S/c1-5-6-25-32-22(26(34)30-13-17-11-24(39-14-17)28(37)38-4)12-23(33(25)29)16(3)31-21-10-9-18-15(2)19(27(35)36)7-8-20(18)21/h5-8,11-12,17,21,31H,1,3,9-10,13-14,29H2,2,4H3,(H,30,34)(H,35,36)/b25-6-/t17?,21-/m0/s1. The van der Waals surface area contributed by atoms with Crippen molar-refractivity contribution in [3.8, 4) is 0 Å². The van der Waals surface area contributed by atoms with E-state index in [0.717, 1.165) is 29.5 Å². The van der Waals surface area contributed by atoms with Gasteiger partial charge in [-0.1, -0.05) is 31.4 Å². The Bertz CT molecular complexity index is 1380. The highest BCUT2D eigenvalue weighted by Gasteiger charge is 2.29. The third-order valence-electron chi connectivity index (χ3n) is 6.85. The molecule has 10 nitrogen and oxygen atoms in total. The molecule has 3 aliphatic rings. The number of allylic oxidation sites excluding steroid dienone is 2. The number of carbonyl (C=O) groups is 3. The summed E-state index contributed by atoms with van der Waals surface area (Å²) in [6, 6.07) is 3.37. The largest absolute Gasteiger partial charge is 0.478 e. The number of hydrogen-bond acceptors (Lipinski definition) is 9. The van der Waals surface area contributed by atoms with Crippen LogP contribution in [0.25, 0.3) is 0 Å². The molecule has 39 heavy (non-hydrogen) atoms. The number of nitrogens with zero attached hydrogens (tertiary/aromatic N) is 2. The van der Waals surface area contributed by atoms with E-state index in [1.807, 2.05) is 13.0 Å². The number of aliphatic imine (C=N–C) groups is 1. The summed E-state index contributed by atoms with van der Waals surface area (Å²) in [5.74, 6) is 5.58. The van der Waals surface area contributed by atoms with Crippen LogP contribution >= 0.6 is 11.8 Å². The Morgan fingerprint density at radius 2 is 2.13 bits per heavy atom. The molecule has 1 aliphatic carbocycles. The lowest BCUT2D eigenvalue weighted by molar-refractivity contribution is -0.135. The lowest BCUT2D eigenvalue weighted by Crippen LogP contribution is -2.40. The van der Waals surface area contributed by atoms with Crippen molar-refractivity contribution in [1.82, 2.24) is 15.6 Å². The van der Waals surface area contributed by atoms with Crippen molar-refractivity contribution in [2.24, 2.45) is 16.8 Å². The highest BCUT2D eigenvalue weighted by Crippen LogP contribution is 2.36. The number of hydrogen-bond donors (Lipinski definition) is 4. The highest BCUT2D eigenvalue weighted by atomic mass is 32.2. The number of carbonyl (C=O) groups excluding carboxylic acids is 2. The van der Waals surface area contributed by atoms with Crippen LogP contribution in [0.2, 0.25) is 0 Å². The molecule has 0 saturated heterocycles. The van der Waals surface area contributed by atoms with E-state index in [4.69, 9.17) is 10.6 Å². The Balaban J connectivity index is 1.50. The van der Waals surface area contributed by atoms with E-state index in [-0.39, 0.29) is 23.6 Å². The second-order valence-electron chi connectivity index (χ2n) is 9.29. The molecule has 4 rings (SSSR count). The van der Waals surface area contributed by atoms with Gasteiger partial charge >= 0.3 is 11.9 Å². The number of carboxylic acid groups (broad SMARTS) is 1. The predicted molar refractivity (Wildman–Crippen MR) is 150 cm³/mol. The van der Waals surface area contributed by atoms with E-state index >= 15 is 0 Å². The van der Waals surface area contributed by atoms with Gasteiger partial charge in [-0.3, -0.25) is 9.80 Å². The molecule has 0 fully saturated rings. The Labute approximate surface area is 231 Å². The average Bonchev–Trinajstić information content (AvgIpc) is 3.56. The number of esters is 1. The van der Waals surface area contributed by atoms with Crippen molar-refractivity contribution >= 4 is 35.3 Å². The monoisotopic (exact) mass is 549 g/mol. The van der Waals surface area contributed by atoms with Gasteiger partial charge in [0.25, 0.3) is 5.91 Å². The van der Waals surface area contributed by atoms with Gasteiger partial charge in [0.1, 0.15) is 11.5 Å². The SMILES string of the molecule is C=C/C=C1/N=C(C(=O)NCC2C=C(C(=O)OC)SC2)C=C(C(=C)N[C@H]2CCc3c2ccc(C(=O)O)c3C)N1N. The quantitative estimate of drug-likeness (QED) is 0.270. The van der Waals surface area contributed by atoms with Gasteiger partial charge in [-0.25, -0.2) is 20.4 Å². The Hall–Kier alpha value is -4.09. The number of amides is 1. The first kappa shape index (κ1) is 27.9. The number of thioether (sulfide) groups is 1. The molecule has 0 bridgehead atoms. The molecule has 0 radical (unpaired) electrons. The number of carboxylic acids is 1. The maximum absolute atomic E-state index is 13.1. The molecule has 1 amide bonds. The molecule has 1 aromatic rings. The zero-order chi connectivity index (χ0) is 28.3. The van der Waals surface area contributed by atoms with Crippen molar-refractivity contribution < 1.29 is 24.2 Å². The average molecular weight is 550 g/mol. The van der Waals surface area contributed by atoms with E-state index in [1.165, 1.54) is 30.0 Å². The smallest absolute Gasteiger partial charge is 0.344 e. The van der Waals surface area contributed by atoms with Crippen LogP contribution in [0.4, 0.5) is 0 Å². The van der Waals surface area contributed by atoms with Gasteiger partial charge in [0.15, 0.2) is 0 Å². The van der Waals surface area contributed by atoms with Crippen LogP contribution in [-0.4, -0.2) is 53.1 Å². The van der Waals surface area contributed by atoms with E-state index < -0.39 is 11.9 Å². The summed E-state index contributed by atoms with van der Waals surface area (Å²) >= 11 is 1.40. The van der Waals surface area contributed by atoms with E-state index in [2.05, 4.69) is 28.8 Å². The fourth-order valence-electron chi connectivity index (χ4n) is 4.82. The summed E-state index contributed by atoms with van der Waals surface area (Å²) in [4.78, 5) is 41.3. The van der Waals surface area contributed by atoms with Crippen molar-refractivity contribution in [1.29, 1.82) is 0 Å². The van der Waals surface area contributed by atoms with Crippen LogP contribution in [0.3, 0.4) is 0 Å². The summed E-state index contributed by atoms with van der Waals surface area (Å²) in [5, 5.41) is 17.1. The Morgan fingerprint density at radius 3 is 2.82 bits per heavy atom. The van der Waals surface area contributed by atoms with Gasteiger partial charge in [-0.2, -0.15) is 0 Å². The van der Waals surface area contributed by atoms with Crippen LogP contribution in [0.5, 0.6) is 0 Å². The van der Waals surface area contributed by atoms with Crippen molar-refractivity contribution in [2.75, 3.05) is 19.4 Å². The zero-order valence-electron chi connectivity index (χ0n) is 21.8. The first-order valence-corrected chi connectivity index (χ1v) is 13.3. The van der Waals surface area contributed by atoms with Gasteiger partial charge in [0.05, 0.1) is 35.0 Å². The number of fused-ring (bicyclic) bond motifs is 1. The summed E-state index contributed by atoms with van der Waals surface area (Å²) in [6.07, 6.45) is 7.98. The van der Waals surface area contributed by atoms with Crippen molar-refractivity contribution in [3.05, 3.63) is 94.0 Å². The first-order chi connectivity index (χ1) is 18.6. The lowest BCUT2D eigenvalue weighted by atomic mass is 9.98. The highest BCUT2D eigenvalue weighted by molar-refractivity contribution is 8.04. The molecule has 2 atom stereocenters. The number of ether oxygens (including phenoxy) is 1. The minimum Gasteiger partial charge on any atom is -0.478 e. The number of benzene rings is 1. The Kier molecular flexibility index (Phi) is 8.41. The molecule has 11 heteroatoms. The summed E-state index contributed by atoms with van der Waals surface area (Å²) < 4.78 is 4.76. The first-order valence-electron chi connectivity index (χ1n) is 12.3. The molecule has 0 saturated carbocycles. The molecule has 1 unspecified atom stereocenters. The minimum absolute atomic E-state index is 0.0148. The molecular formula is C28H31N5O5S. The maximum atomic E-state index is 13.1. The number of hydrazine groups is 1. The lowest BCUT2D eigenvalue weighted by Gasteiger charge is -2.29. The van der Waals surface area contributed by atoms with E-state index in [1.54, 1.807) is 24.3 Å². The normalized spacial score (nSPS) is 20.9. The van der Waals surface area contributed by atoms with Crippen molar-refractivity contribution in [3.63, 3.8) is 0 Å². The molecular weight excluding hydrogens is 518 g/mol. The molecule has 0 aromatic heterocycles. The van der Waals surface area contributed by atoms with Gasteiger partial charge in [0.2, 0.25) is 0 Å². The third-order valence-corrected chi connectivity index (χ3v) is 8.06. The van der Waals surface area contributed by atoms with Crippen LogP contribution in [-0.2, 0) is 20.7 Å². The number of methoxy groups -OCH3 is 1. The molecule has 0 spiro atoms. The second kappa shape index (κ2) is 11.7. The molecule has 2 aliphatic heterocycles. The second-order valence-corrected chi connectivity index (χ2v) is 10.3. The maximum Gasteiger partial charge on any atom is 0.344 e. The molecule has 204 valence electrons. The van der Waals surface area contributed by atoms with Crippen LogP contribution in [0, 0.1) is 12.8 Å². The molecule has 2 heterocycles. The number of aromatic carboxylic acids is 1. The number of nitrogens with one attached hydrogen (secondary N) is 2. The predicted octanol–water partition coefficient (Wildman–Crippen LogP) is 2.86. The fraction of sp³-hybridized carbons (Fsp3) is 0.286. The van der Waals surface area contributed by atoms with Gasteiger partial charge in [0, 0.05) is 18.2 Å². The van der Waals surface area contributed by atoms with Gasteiger partial charge in [-0.05, 0) is 54.7 Å². The summed E-state index contributed by atoms with van der Waals surface area (Å²) in [6.45, 7) is 10.0.